The molecule has 0 fully saturated rings. The number of carbonyl (C=O) groups is 2. The van der Waals surface area contributed by atoms with Crippen LogP contribution in [0.15, 0.2) is 0 Å². The van der Waals surface area contributed by atoms with E-state index in [1.54, 1.807) is 6.92 Å². The van der Waals surface area contributed by atoms with E-state index in [0.717, 1.165) is 23.3 Å². The van der Waals surface area contributed by atoms with Crippen LogP contribution in [0.2, 0.25) is 0 Å². The van der Waals surface area contributed by atoms with Gasteiger partial charge >= 0.3 is 5.97 Å². The Hall–Kier alpha value is -1.36. The molecule has 5 heteroatoms. The first-order valence-corrected chi connectivity index (χ1v) is 6.88. The molecule has 1 aromatic rings. The predicted molar refractivity (Wildman–Crippen MR) is 73.5 cm³/mol. The smallest absolute Gasteiger partial charge is 0.338 e. The van der Waals surface area contributed by atoms with Crippen LogP contribution < -0.4 is 5.32 Å². The van der Waals surface area contributed by atoms with Crippen molar-refractivity contribution in [1.29, 1.82) is 0 Å². The van der Waals surface area contributed by atoms with Crippen molar-refractivity contribution in [2.24, 2.45) is 5.92 Å². The van der Waals surface area contributed by atoms with Gasteiger partial charge in [-0.1, -0.05) is 13.8 Å². The molecule has 1 heterocycles. The molecule has 0 saturated carbocycles. The van der Waals surface area contributed by atoms with Crippen molar-refractivity contribution in [2.75, 3.05) is 5.32 Å². The van der Waals surface area contributed by atoms with Gasteiger partial charge in [-0.25, -0.2) is 4.79 Å². The number of aryl methyl sites for hydroxylation is 1. The van der Waals surface area contributed by atoms with Gasteiger partial charge in [0.2, 0.25) is 5.91 Å². The third-order valence-corrected chi connectivity index (χ3v) is 4.31. The van der Waals surface area contributed by atoms with Crippen LogP contribution in [0, 0.1) is 19.8 Å². The Balaban J connectivity index is 3.01. The maximum atomic E-state index is 12.0. The summed E-state index contributed by atoms with van der Waals surface area (Å²) in [6, 6.07) is 0. The van der Waals surface area contributed by atoms with Gasteiger partial charge in [-0.05, 0) is 32.3 Å². The molecule has 0 aliphatic rings. The second-order valence-corrected chi connectivity index (χ2v) is 5.52. The summed E-state index contributed by atoms with van der Waals surface area (Å²) in [5.74, 6) is -1.14. The molecular weight excluding hydrogens is 250 g/mol. The average molecular weight is 269 g/mol. The molecule has 0 atom stereocenters. The van der Waals surface area contributed by atoms with E-state index in [9.17, 15) is 14.7 Å². The summed E-state index contributed by atoms with van der Waals surface area (Å²) in [5, 5.41) is 12.4. The maximum Gasteiger partial charge on any atom is 0.338 e. The van der Waals surface area contributed by atoms with E-state index in [1.165, 1.54) is 11.3 Å². The van der Waals surface area contributed by atoms with E-state index in [4.69, 9.17) is 0 Å². The number of carboxylic acid groups (broad SMARTS) is 1. The Bertz CT molecular complexity index is 461. The van der Waals surface area contributed by atoms with Gasteiger partial charge < -0.3 is 10.4 Å². The van der Waals surface area contributed by atoms with Gasteiger partial charge in [-0.2, -0.15) is 0 Å². The third kappa shape index (κ3) is 2.90. The van der Waals surface area contributed by atoms with Gasteiger partial charge in [0, 0.05) is 10.8 Å². The summed E-state index contributed by atoms with van der Waals surface area (Å²) >= 11 is 1.32. The predicted octanol–water partition coefficient (Wildman–Crippen LogP) is 3.44. The highest BCUT2D eigenvalue weighted by Crippen LogP contribution is 2.32. The molecule has 0 aliphatic carbocycles. The van der Waals surface area contributed by atoms with E-state index < -0.39 is 5.97 Å². The summed E-state index contributed by atoms with van der Waals surface area (Å²) in [4.78, 5) is 24.1. The van der Waals surface area contributed by atoms with Gasteiger partial charge in [0.1, 0.15) is 5.00 Å². The molecule has 0 aliphatic heterocycles. The molecule has 1 amide bonds. The van der Waals surface area contributed by atoms with E-state index in [-0.39, 0.29) is 17.4 Å². The lowest BCUT2D eigenvalue weighted by molar-refractivity contribution is -0.120. The summed E-state index contributed by atoms with van der Waals surface area (Å²) < 4.78 is 0. The Labute approximate surface area is 111 Å². The Morgan fingerprint density at radius 3 is 2.28 bits per heavy atom. The fourth-order valence-electron chi connectivity index (χ4n) is 1.85. The van der Waals surface area contributed by atoms with Gasteiger partial charge in [-0.15, -0.1) is 11.3 Å². The quantitative estimate of drug-likeness (QED) is 0.860. The monoisotopic (exact) mass is 269 g/mol. The number of amides is 1. The average Bonchev–Trinajstić information content (AvgIpc) is 2.56. The molecule has 0 saturated heterocycles. The van der Waals surface area contributed by atoms with Crippen LogP contribution in [0.1, 0.15) is 47.5 Å². The Morgan fingerprint density at radius 2 is 1.83 bits per heavy atom. The number of hydrogen-bond donors (Lipinski definition) is 2. The van der Waals surface area contributed by atoms with Crippen LogP contribution in [0.4, 0.5) is 5.00 Å². The third-order valence-electron chi connectivity index (χ3n) is 3.19. The standard InChI is InChI=1S/C13H19NO3S/c1-5-9(6-2)11(15)14-12-10(13(16)17)7(3)8(4)18-12/h9H,5-6H2,1-4H3,(H,14,15)(H,16,17). The van der Waals surface area contributed by atoms with Crippen molar-refractivity contribution in [3.63, 3.8) is 0 Å². The zero-order valence-electron chi connectivity index (χ0n) is 11.2. The first-order chi connectivity index (χ1) is 8.42. The van der Waals surface area contributed by atoms with E-state index in [2.05, 4.69) is 5.32 Å². The van der Waals surface area contributed by atoms with Crippen molar-refractivity contribution < 1.29 is 14.7 Å². The molecule has 18 heavy (non-hydrogen) atoms. The number of hydrogen-bond acceptors (Lipinski definition) is 3. The normalized spacial score (nSPS) is 10.7. The summed E-state index contributed by atoms with van der Waals surface area (Å²) in [6.07, 6.45) is 1.52. The van der Waals surface area contributed by atoms with E-state index in [0.29, 0.717) is 5.00 Å². The number of anilines is 1. The zero-order valence-corrected chi connectivity index (χ0v) is 12.0. The number of aromatic carboxylic acids is 1. The van der Waals surface area contributed by atoms with Crippen LogP contribution in [0.3, 0.4) is 0 Å². The lowest BCUT2D eigenvalue weighted by atomic mass is 10.0. The SMILES string of the molecule is CCC(CC)C(=O)Nc1sc(C)c(C)c1C(=O)O. The molecule has 0 radical (unpaired) electrons. The summed E-state index contributed by atoms with van der Waals surface area (Å²) in [5.41, 5.74) is 0.948. The molecule has 4 nitrogen and oxygen atoms in total. The first kappa shape index (κ1) is 14.7. The molecule has 0 bridgehead atoms. The summed E-state index contributed by atoms with van der Waals surface area (Å²) in [7, 11) is 0. The van der Waals surface area contributed by atoms with Gasteiger partial charge in [0.15, 0.2) is 0 Å². The van der Waals surface area contributed by atoms with Crippen LogP contribution in [-0.2, 0) is 4.79 Å². The van der Waals surface area contributed by atoms with Crippen LogP contribution in [0.5, 0.6) is 0 Å². The minimum Gasteiger partial charge on any atom is -0.478 e. The van der Waals surface area contributed by atoms with Crippen LogP contribution in [0.25, 0.3) is 0 Å². The van der Waals surface area contributed by atoms with Crippen molar-refractivity contribution >= 4 is 28.2 Å². The van der Waals surface area contributed by atoms with Crippen LogP contribution in [-0.4, -0.2) is 17.0 Å². The molecule has 1 rings (SSSR count). The lowest BCUT2D eigenvalue weighted by Crippen LogP contribution is -2.22. The van der Waals surface area contributed by atoms with Crippen LogP contribution >= 0.6 is 11.3 Å². The number of carboxylic acids is 1. The van der Waals surface area contributed by atoms with Crippen molar-refractivity contribution in [3.8, 4) is 0 Å². The molecule has 100 valence electrons. The Kier molecular flexibility index (Phi) is 4.90. The highest BCUT2D eigenvalue weighted by molar-refractivity contribution is 7.16. The van der Waals surface area contributed by atoms with E-state index >= 15 is 0 Å². The van der Waals surface area contributed by atoms with Crippen molar-refractivity contribution in [1.82, 2.24) is 0 Å². The number of carbonyl (C=O) groups excluding carboxylic acids is 1. The fourth-order valence-corrected chi connectivity index (χ4v) is 2.90. The number of rotatable bonds is 5. The second kappa shape index (κ2) is 6.00. The molecular formula is C13H19NO3S. The highest BCUT2D eigenvalue weighted by atomic mass is 32.1. The first-order valence-electron chi connectivity index (χ1n) is 6.06. The Morgan fingerprint density at radius 1 is 1.28 bits per heavy atom. The largest absolute Gasteiger partial charge is 0.478 e. The molecule has 2 N–H and O–H groups in total. The zero-order chi connectivity index (χ0) is 13.9. The maximum absolute atomic E-state index is 12.0. The number of thiophene rings is 1. The van der Waals surface area contributed by atoms with Crippen molar-refractivity contribution in [3.05, 3.63) is 16.0 Å². The minimum absolute atomic E-state index is 0.0608. The van der Waals surface area contributed by atoms with Gasteiger partial charge in [0.25, 0.3) is 0 Å². The second-order valence-electron chi connectivity index (χ2n) is 4.30. The van der Waals surface area contributed by atoms with Gasteiger partial charge in [0.05, 0.1) is 5.56 Å². The molecule has 0 unspecified atom stereocenters. The lowest BCUT2D eigenvalue weighted by Gasteiger charge is -2.12. The fraction of sp³-hybridized carbons (Fsp3) is 0.538. The number of nitrogens with one attached hydrogen (secondary N) is 1. The highest BCUT2D eigenvalue weighted by Gasteiger charge is 2.22. The molecule has 0 spiro atoms. The summed E-state index contributed by atoms with van der Waals surface area (Å²) in [6.45, 7) is 7.54. The van der Waals surface area contributed by atoms with Crippen molar-refractivity contribution in [2.45, 2.75) is 40.5 Å². The van der Waals surface area contributed by atoms with Gasteiger partial charge in [-0.3, -0.25) is 4.79 Å². The minimum atomic E-state index is -0.989. The molecule has 1 aromatic heterocycles. The topological polar surface area (TPSA) is 66.4 Å². The van der Waals surface area contributed by atoms with E-state index in [1.807, 2.05) is 20.8 Å². The molecule has 0 aromatic carbocycles.